The van der Waals surface area contributed by atoms with Gasteiger partial charge in [-0.25, -0.2) is 15.0 Å². The summed E-state index contributed by atoms with van der Waals surface area (Å²) in [6, 6.07) is 9.62. The van der Waals surface area contributed by atoms with Crippen LogP contribution in [0.15, 0.2) is 47.7 Å². The van der Waals surface area contributed by atoms with Crippen LogP contribution in [-0.4, -0.2) is 59.9 Å². The molecule has 0 N–H and O–H groups in total. The number of pyridine rings is 2. The molecule has 0 spiro atoms. The zero-order chi connectivity index (χ0) is 19.6. The Kier molecular flexibility index (Phi) is 4.61. The van der Waals surface area contributed by atoms with Gasteiger partial charge in [0.05, 0.1) is 32.6 Å². The first-order valence-electron chi connectivity index (χ1n) is 9.54. The number of nitrogens with zero attached hydrogens (tertiary/aromatic N) is 6. The van der Waals surface area contributed by atoms with Crippen molar-refractivity contribution >= 4 is 11.5 Å². The number of morpholine rings is 1. The number of rotatable bonds is 4. The fourth-order valence-corrected chi connectivity index (χ4v) is 3.55. The number of fused-ring (bicyclic) bond motifs is 1. The van der Waals surface area contributed by atoms with E-state index in [-0.39, 0.29) is 0 Å². The molecular weight excluding hydrogens is 368 g/mol. The number of aromatic nitrogens is 4. The molecule has 8 heteroatoms. The first-order chi connectivity index (χ1) is 14.3. The molecular formula is C21H20N6O2. The zero-order valence-electron chi connectivity index (χ0n) is 16.1. The van der Waals surface area contributed by atoms with Crippen LogP contribution < -0.4 is 20.3 Å². The third-order valence-corrected chi connectivity index (χ3v) is 5.04. The lowest BCUT2D eigenvalue weighted by atomic mass is 10.1. The zero-order valence-corrected chi connectivity index (χ0v) is 16.1. The summed E-state index contributed by atoms with van der Waals surface area (Å²) in [6.07, 6.45) is 3.53. The molecule has 146 valence electrons. The molecule has 0 saturated carbocycles. The van der Waals surface area contributed by atoms with E-state index in [1.807, 2.05) is 30.3 Å². The highest BCUT2D eigenvalue weighted by Gasteiger charge is 2.21. The highest BCUT2D eigenvalue weighted by atomic mass is 16.5. The van der Waals surface area contributed by atoms with Crippen molar-refractivity contribution in [2.45, 2.75) is 0 Å². The van der Waals surface area contributed by atoms with Gasteiger partial charge in [-0.3, -0.25) is 9.98 Å². The molecule has 0 aliphatic carbocycles. The van der Waals surface area contributed by atoms with E-state index in [0.717, 1.165) is 46.3 Å². The summed E-state index contributed by atoms with van der Waals surface area (Å²) in [5.41, 5.74) is 3.58. The van der Waals surface area contributed by atoms with Gasteiger partial charge in [0.1, 0.15) is 16.4 Å². The highest BCUT2D eigenvalue weighted by molar-refractivity contribution is 5.68. The van der Waals surface area contributed by atoms with Gasteiger partial charge in [-0.2, -0.15) is 0 Å². The van der Waals surface area contributed by atoms with E-state index in [4.69, 9.17) is 24.4 Å². The standard InChI is InChI=1S/C21H20N6O2/c1-28-17-4-2-3-16(24-17)15-13-23-20-18(14-5-7-22-8-6-14)25-21(26-19(15)20)27-9-11-29-12-10-27/h2-8H,9-13H2,1H3. The lowest BCUT2D eigenvalue weighted by Crippen LogP contribution is -2.41. The maximum atomic E-state index is 5.49. The van der Waals surface area contributed by atoms with Gasteiger partial charge >= 0.3 is 0 Å². The Morgan fingerprint density at radius 3 is 2.62 bits per heavy atom. The average molecular weight is 388 g/mol. The first kappa shape index (κ1) is 17.7. The molecule has 0 bridgehead atoms. The van der Waals surface area contributed by atoms with Crippen molar-refractivity contribution in [3.63, 3.8) is 0 Å². The van der Waals surface area contributed by atoms with Crippen molar-refractivity contribution < 1.29 is 9.47 Å². The van der Waals surface area contributed by atoms with Gasteiger partial charge in [0, 0.05) is 42.7 Å². The minimum absolute atomic E-state index is 0.509. The highest BCUT2D eigenvalue weighted by Crippen LogP contribution is 2.19. The SMILES string of the molecule is COc1cccc(C2=c3nc(N4CCOCC4)nc(-c4ccncc4)c3=NC2)n1. The van der Waals surface area contributed by atoms with Crippen LogP contribution in [-0.2, 0) is 4.74 Å². The first-order valence-corrected chi connectivity index (χ1v) is 9.54. The lowest BCUT2D eigenvalue weighted by Gasteiger charge is -2.27. The predicted molar refractivity (Wildman–Crippen MR) is 107 cm³/mol. The van der Waals surface area contributed by atoms with Crippen LogP contribution in [0.25, 0.3) is 16.8 Å². The quantitative estimate of drug-likeness (QED) is 0.647. The lowest BCUT2D eigenvalue weighted by molar-refractivity contribution is 0.122. The molecule has 5 rings (SSSR count). The number of anilines is 1. The third kappa shape index (κ3) is 3.31. The monoisotopic (exact) mass is 388 g/mol. The Labute approximate surface area is 167 Å². The summed E-state index contributed by atoms with van der Waals surface area (Å²) in [7, 11) is 1.62. The molecule has 3 aromatic rings. The van der Waals surface area contributed by atoms with Crippen molar-refractivity contribution in [1.29, 1.82) is 0 Å². The minimum atomic E-state index is 0.509. The van der Waals surface area contributed by atoms with Gasteiger partial charge < -0.3 is 14.4 Å². The smallest absolute Gasteiger partial charge is 0.226 e. The van der Waals surface area contributed by atoms with Gasteiger partial charge in [0.15, 0.2) is 0 Å². The second-order valence-electron chi connectivity index (χ2n) is 6.76. The van der Waals surface area contributed by atoms with Crippen LogP contribution in [0.1, 0.15) is 5.69 Å². The molecule has 0 atom stereocenters. The molecule has 0 radical (unpaired) electrons. The van der Waals surface area contributed by atoms with E-state index in [1.165, 1.54) is 0 Å². The van der Waals surface area contributed by atoms with Crippen LogP contribution in [0, 0.1) is 0 Å². The average Bonchev–Trinajstić information content (AvgIpc) is 3.24. The van der Waals surface area contributed by atoms with Gasteiger partial charge in [0.25, 0.3) is 0 Å². The molecule has 0 aromatic carbocycles. The summed E-state index contributed by atoms with van der Waals surface area (Å²) in [5, 5.41) is 1.63. The second-order valence-corrected chi connectivity index (χ2v) is 6.76. The summed E-state index contributed by atoms with van der Waals surface area (Å²) in [4.78, 5) is 25.4. The Hall–Kier alpha value is -3.39. The van der Waals surface area contributed by atoms with E-state index >= 15 is 0 Å². The summed E-state index contributed by atoms with van der Waals surface area (Å²) in [6.45, 7) is 3.37. The van der Waals surface area contributed by atoms with Crippen molar-refractivity contribution in [3.8, 4) is 17.1 Å². The van der Waals surface area contributed by atoms with E-state index in [0.29, 0.717) is 31.6 Å². The molecule has 1 saturated heterocycles. The largest absolute Gasteiger partial charge is 0.481 e. The van der Waals surface area contributed by atoms with Crippen molar-refractivity contribution in [3.05, 3.63) is 59.1 Å². The van der Waals surface area contributed by atoms with Crippen LogP contribution >= 0.6 is 0 Å². The van der Waals surface area contributed by atoms with Gasteiger partial charge in [0.2, 0.25) is 11.8 Å². The van der Waals surface area contributed by atoms with Crippen molar-refractivity contribution in [1.82, 2.24) is 19.9 Å². The summed E-state index contributed by atoms with van der Waals surface area (Å²) in [5.74, 6) is 1.26. The van der Waals surface area contributed by atoms with E-state index in [2.05, 4.69) is 14.9 Å². The maximum Gasteiger partial charge on any atom is 0.226 e. The van der Waals surface area contributed by atoms with Gasteiger partial charge in [-0.1, -0.05) is 6.07 Å². The van der Waals surface area contributed by atoms with E-state index < -0.39 is 0 Å². The number of hydrogen-bond acceptors (Lipinski definition) is 8. The topological polar surface area (TPSA) is 85.6 Å². The van der Waals surface area contributed by atoms with Crippen LogP contribution in [0.4, 0.5) is 5.95 Å². The Morgan fingerprint density at radius 1 is 1.00 bits per heavy atom. The van der Waals surface area contributed by atoms with Crippen LogP contribution in [0.2, 0.25) is 0 Å². The van der Waals surface area contributed by atoms with Gasteiger partial charge in [-0.05, 0) is 18.2 Å². The Morgan fingerprint density at radius 2 is 1.83 bits per heavy atom. The number of hydrogen-bond donors (Lipinski definition) is 0. The number of ether oxygens (including phenoxy) is 2. The predicted octanol–water partition coefficient (Wildman–Crippen LogP) is 0.611. The molecule has 0 amide bonds. The maximum absolute atomic E-state index is 5.49. The van der Waals surface area contributed by atoms with Crippen molar-refractivity contribution in [2.75, 3.05) is 44.9 Å². The molecule has 8 nitrogen and oxygen atoms in total. The molecule has 2 aliphatic rings. The molecule has 3 aromatic heterocycles. The molecule has 1 fully saturated rings. The van der Waals surface area contributed by atoms with Crippen LogP contribution in [0.5, 0.6) is 5.88 Å². The van der Waals surface area contributed by atoms with Crippen molar-refractivity contribution in [2.24, 2.45) is 4.99 Å². The normalized spacial score (nSPS) is 15.8. The fraction of sp³-hybridized carbons (Fsp3) is 0.286. The number of methoxy groups -OCH3 is 1. The molecule has 5 heterocycles. The molecule has 29 heavy (non-hydrogen) atoms. The molecule has 2 aliphatic heterocycles. The fourth-order valence-electron chi connectivity index (χ4n) is 3.55. The minimum Gasteiger partial charge on any atom is -0.481 e. The Bertz CT molecular complexity index is 1160. The van der Waals surface area contributed by atoms with E-state index in [1.54, 1.807) is 19.5 Å². The third-order valence-electron chi connectivity index (χ3n) is 5.04. The van der Waals surface area contributed by atoms with E-state index in [9.17, 15) is 0 Å². The summed E-state index contributed by atoms with van der Waals surface area (Å²) < 4.78 is 10.8. The second kappa shape index (κ2) is 7.56. The molecule has 0 unspecified atom stereocenters. The Balaban J connectivity index is 1.74. The van der Waals surface area contributed by atoms with Crippen LogP contribution in [0.3, 0.4) is 0 Å². The van der Waals surface area contributed by atoms with Gasteiger partial charge in [-0.15, -0.1) is 0 Å². The summed E-state index contributed by atoms with van der Waals surface area (Å²) >= 11 is 0.